The third-order valence-corrected chi connectivity index (χ3v) is 8.46. The molecule has 0 radical (unpaired) electrons. The number of amides is 1. The highest BCUT2D eigenvalue weighted by atomic mass is 31.2. The Balaban J connectivity index is 4.22. The molecule has 0 aromatic carbocycles. The van der Waals surface area contributed by atoms with Crippen molar-refractivity contribution >= 4 is 13.7 Å². The molecule has 0 spiro atoms. The summed E-state index contributed by atoms with van der Waals surface area (Å²) in [6.07, 6.45) is 46.5. The van der Waals surface area contributed by atoms with Gasteiger partial charge in [0.25, 0.3) is 0 Å². The average molecular weight is 705 g/mol. The summed E-state index contributed by atoms with van der Waals surface area (Å²) in [5.41, 5.74) is 5.33. The number of hydrogen-bond acceptors (Lipinski definition) is 6. The summed E-state index contributed by atoms with van der Waals surface area (Å²) >= 11 is 0. The lowest BCUT2D eigenvalue weighted by atomic mass is 10.1. The van der Waals surface area contributed by atoms with E-state index in [0.717, 1.165) is 89.9 Å². The molecule has 0 aliphatic carbocycles. The third-order valence-electron chi connectivity index (χ3n) is 7.48. The maximum absolute atomic E-state index is 12.6. The monoisotopic (exact) mass is 704 g/mol. The lowest BCUT2D eigenvalue weighted by Gasteiger charge is -2.23. The summed E-state index contributed by atoms with van der Waals surface area (Å²) in [4.78, 5) is 22.5. The van der Waals surface area contributed by atoms with E-state index in [1.165, 1.54) is 19.3 Å². The van der Waals surface area contributed by atoms with Crippen molar-refractivity contribution in [3.63, 3.8) is 0 Å². The lowest BCUT2D eigenvalue weighted by Crippen LogP contribution is -2.45. The lowest BCUT2D eigenvalue weighted by molar-refractivity contribution is -0.123. The van der Waals surface area contributed by atoms with Crippen LogP contribution in [-0.4, -0.2) is 47.8 Å². The normalized spacial score (nSPS) is 15.3. The number of carbonyl (C=O) groups excluding carboxylic acids is 1. The second kappa shape index (κ2) is 35.5. The zero-order valence-electron chi connectivity index (χ0n) is 30.6. The molecule has 0 saturated carbocycles. The maximum Gasteiger partial charge on any atom is 0.472 e. The molecule has 9 heteroatoms. The van der Waals surface area contributed by atoms with Crippen molar-refractivity contribution in [2.45, 2.75) is 142 Å². The molecular formula is C40H69N2O6P. The number of nitrogens with two attached hydrogens (primary N) is 1. The minimum Gasteiger partial charge on any atom is -0.387 e. The molecule has 3 unspecified atom stereocenters. The Morgan fingerprint density at radius 2 is 1.18 bits per heavy atom. The van der Waals surface area contributed by atoms with E-state index in [9.17, 15) is 19.4 Å². The number of nitrogens with one attached hydrogen (secondary N) is 1. The van der Waals surface area contributed by atoms with Crippen molar-refractivity contribution in [2.75, 3.05) is 19.8 Å². The number of phosphoric ester groups is 1. The van der Waals surface area contributed by atoms with Gasteiger partial charge in [-0.2, -0.15) is 0 Å². The van der Waals surface area contributed by atoms with Crippen LogP contribution in [0, 0.1) is 0 Å². The minimum atomic E-state index is -4.34. The van der Waals surface area contributed by atoms with E-state index < -0.39 is 20.0 Å². The van der Waals surface area contributed by atoms with Gasteiger partial charge in [0.2, 0.25) is 5.91 Å². The fourth-order valence-electron chi connectivity index (χ4n) is 4.66. The number of hydrogen-bond donors (Lipinski definition) is 4. The van der Waals surface area contributed by atoms with E-state index in [2.05, 4.69) is 92.1 Å². The molecule has 0 heterocycles. The van der Waals surface area contributed by atoms with Crippen LogP contribution in [0.2, 0.25) is 0 Å². The van der Waals surface area contributed by atoms with Crippen LogP contribution >= 0.6 is 7.82 Å². The summed E-state index contributed by atoms with van der Waals surface area (Å²) in [7, 11) is -4.34. The zero-order valence-corrected chi connectivity index (χ0v) is 31.5. The number of rotatable bonds is 33. The van der Waals surface area contributed by atoms with Gasteiger partial charge in [0, 0.05) is 13.0 Å². The first-order chi connectivity index (χ1) is 23.9. The van der Waals surface area contributed by atoms with Gasteiger partial charge in [-0.1, -0.05) is 137 Å². The van der Waals surface area contributed by atoms with Crippen LogP contribution in [0.3, 0.4) is 0 Å². The first-order valence-electron chi connectivity index (χ1n) is 18.7. The molecule has 0 fully saturated rings. The molecule has 1 amide bonds. The number of allylic oxidation sites excluding steroid dienone is 13. The smallest absolute Gasteiger partial charge is 0.387 e. The predicted octanol–water partition coefficient (Wildman–Crippen LogP) is 9.88. The van der Waals surface area contributed by atoms with Gasteiger partial charge in [-0.3, -0.25) is 13.8 Å². The highest BCUT2D eigenvalue weighted by Gasteiger charge is 2.26. The van der Waals surface area contributed by atoms with E-state index in [0.29, 0.717) is 6.42 Å². The Morgan fingerprint density at radius 3 is 1.71 bits per heavy atom. The molecule has 0 aromatic heterocycles. The van der Waals surface area contributed by atoms with Gasteiger partial charge < -0.3 is 21.1 Å². The molecule has 0 aliphatic heterocycles. The zero-order chi connectivity index (χ0) is 36.1. The first-order valence-corrected chi connectivity index (χ1v) is 20.2. The topological polar surface area (TPSA) is 131 Å². The van der Waals surface area contributed by atoms with Crippen molar-refractivity contribution in [1.82, 2.24) is 5.32 Å². The van der Waals surface area contributed by atoms with Crippen LogP contribution in [0.25, 0.3) is 0 Å². The maximum atomic E-state index is 12.6. The number of unbranched alkanes of at least 4 members (excludes halogenated alkanes) is 9. The molecular weight excluding hydrogens is 635 g/mol. The Kier molecular flexibility index (Phi) is 33.8. The molecule has 280 valence electrons. The molecule has 5 N–H and O–H groups in total. The fraction of sp³-hybridized carbons (Fsp3) is 0.625. The molecule has 0 aromatic rings. The Hall–Kier alpha value is -2.32. The van der Waals surface area contributed by atoms with Gasteiger partial charge >= 0.3 is 7.82 Å². The molecule has 3 atom stereocenters. The van der Waals surface area contributed by atoms with E-state index in [4.69, 9.17) is 14.8 Å². The molecule has 0 rings (SSSR count). The largest absolute Gasteiger partial charge is 0.472 e. The highest BCUT2D eigenvalue weighted by molar-refractivity contribution is 7.47. The Labute approximate surface area is 299 Å². The van der Waals surface area contributed by atoms with Crippen LogP contribution in [0.5, 0.6) is 0 Å². The standard InChI is InChI=1S/C40H69N2O6P/c1-3-5-7-9-11-12-13-14-15-16-17-18-19-20-21-22-23-24-25-26-28-30-32-34-40(44)42-38(37-48-49(45,46)47-36-35-41)39(43)33-31-29-27-10-8-6-4-2/h5,7,11-12,14-15,17-18,20-21,23-24,31,33,38-39,43H,3-4,6,8-10,13,16,19,22,25-30,32,34-37,41H2,1-2H3,(H,42,44)(H,45,46)/b7-5-,12-11-,15-14-,18-17-,21-20-,24-23-,33-31+. The van der Waals surface area contributed by atoms with Crippen LogP contribution in [0.1, 0.15) is 129 Å². The van der Waals surface area contributed by atoms with Crippen molar-refractivity contribution in [2.24, 2.45) is 5.73 Å². The van der Waals surface area contributed by atoms with E-state index in [1.54, 1.807) is 6.08 Å². The molecule has 49 heavy (non-hydrogen) atoms. The van der Waals surface area contributed by atoms with Crippen molar-refractivity contribution < 1.29 is 28.4 Å². The van der Waals surface area contributed by atoms with E-state index in [1.807, 2.05) is 6.08 Å². The third kappa shape index (κ3) is 33.9. The van der Waals surface area contributed by atoms with E-state index >= 15 is 0 Å². The number of phosphoric acid groups is 1. The molecule has 0 aliphatic rings. The number of carbonyl (C=O) groups is 1. The summed E-state index contributed by atoms with van der Waals surface area (Å²) in [5.74, 6) is -0.228. The van der Waals surface area contributed by atoms with Crippen LogP contribution < -0.4 is 11.1 Å². The second-order valence-corrected chi connectivity index (χ2v) is 13.5. The quantitative estimate of drug-likeness (QED) is 0.0304. The van der Waals surface area contributed by atoms with Crippen molar-refractivity contribution in [3.8, 4) is 0 Å². The van der Waals surface area contributed by atoms with Gasteiger partial charge in [-0.15, -0.1) is 0 Å². The van der Waals surface area contributed by atoms with E-state index in [-0.39, 0.29) is 25.7 Å². The summed E-state index contributed by atoms with van der Waals surface area (Å²) in [5, 5.41) is 13.5. The van der Waals surface area contributed by atoms with Gasteiger partial charge in [0.1, 0.15) is 0 Å². The molecule has 8 nitrogen and oxygen atoms in total. The number of aliphatic hydroxyl groups is 1. The first kappa shape index (κ1) is 46.7. The van der Waals surface area contributed by atoms with Crippen molar-refractivity contribution in [1.29, 1.82) is 0 Å². The second-order valence-electron chi connectivity index (χ2n) is 12.0. The highest BCUT2D eigenvalue weighted by Crippen LogP contribution is 2.43. The van der Waals surface area contributed by atoms with Crippen LogP contribution in [0.15, 0.2) is 85.1 Å². The molecule has 0 bridgehead atoms. The molecule has 0 saturated heterocycles. The summed E-state index contributed by atoms with van der Waals surface area (Å²) in [6, 6.07) is -0.876. The van der Waals surface area contributed by atoms with Crippen molar-refractivity contribution in [3.05, 3.63) is 85.1 Å². The van der Waals surface area contributed by atoms with Gasteiger partial charge in [0.15, 0.2) is 0 Å². The summed E-state index contributed by atoms with van der Waals surface area (Å²) in [6.45, 7) is 3.90. The van der Waals surface area contributed by atoms with Crippen LogP contribution in [0.4, 0.5) is 0 Å². The fourth-order valence-corrected chi connectivity index (χ4v) is 5.42. The summed E-state index contributed by atoms with van der Waals surface area (Å²) < 4.78 is 21.9. The SMILES string of the molecule is CC/C=C\C/C=C\C/C=C\C/C=C\C/C=C\C/C=C\CCCCCCC(=O)NC(COP(=O)(O)OCCN)C(O)/C=C/CCCCCCC. The van der Waals surface area contributed by atoms with Gasteiger partial charge in [0.05, 0.1) is 25.4 Å². The average Bonchev–Trinajstić information content (AvgIpc) is 3.09. The van der Waals surface area contributed by atoms with Gasteiger partial charge in [-0.05, 0) is 70.6 Å². The predicted molar refractivity (Wildman–Crippen MR) is 207 cm³/mol. The Morgan fingerprint density at radius 1 is 0.694 bits per heavy atom. The van der Waals surface area contributed by atoms with Crippen LogP contribution in [-0.2, 0) is 18.4 Å². The Bertz CT molecular complexity index is 1030. The van der Waals surface area contributed by atoms with Gasteiger partial charge in [-0.25, -0.2) is 4.57 Å². The number of aliphatic hydroxyl groups excluding tert-OH is 1. The minimum absolute atomic E-state index is 0.0685.